The number of benzene rings is 3. The monoisotopic (exact) mass is 684 g/mol. The molecule has 1 aliphatic heterocycles. The van der Waals surface area contributed by atoms with Crippen molar-refractivity contribution in [1.29, 1.82) is 0 Å². The van der Waals surface area contributed by atoms with Crippen LogP contribution < -0.4 is 35.0 Å². The normalized spacial score (nSPS) is 14.3. The smallest absolute Gasteiger partial charge is 0.338 e. The number of hydrazone groups is 1. The third kappa shape index (κ3) is 9.30. The number of hydrogen-bond acceptors (Lipinski definition) is 9. The van der Waals surface area contributed by atoms with E-state index in [0.29, 0.717) is 45.0 Å². The third-order valence-corrected chi connectivity index (χ3v) is 7.21. The summed E-state index contributed by atoms with van der Waals surface area (Å²) in [5, 5.41) is 10.3. The molecule has 0 saturated heterocycles. The van der Waals surface area contributed by atoms with Gasteiger partial charge in [0.2, 0.25) is 0 Å². The van der Waals surface area contributed by atoms with Crippen LogP contribution in [0.2, 0.25) is 10.0 Å². The number of amides is 3. The summed E-state index contributed by atoms with van der Waals surface area (Å²) in [5.41, 5.74) is 5.06. The van der Waals surface area contributed by atoms with Crippen molar-refractivity contribution in [2.45, 2.75) is 33.4 Å². The van der Waals surface area contributed by atoms with E-state index in [9.17, 15) is 14.4 Å². The standard InChI is InChI=1S/C33H34Cl2N4O8/c1-5-44-27-14-21(13-24(35)31(27)47-17-20-7-10-23(34)11-8-20)16-36-39-28(40)18-46-25-12-9-22(15-26(25)43-4)30-29(32(41)45-6-2)19(3)37-33(42)38-30/h7-16,30H,5-6,17-18H2,1-4H3,(H,39,40)(H2,37,38,42)/b36-16-/t30-/m1/s1. The molecule has 3 aromatic carbocycles. The SMILES string of the molecule is CCOC(=O)C1=C(C)NC(=O)N[C@@H]1c1ccc(OCC(=O)N/N=C\c2cc(Cl)c(OCc3ccc(Cl)cc3)c(OCC)c2)c(OC)c1. The average molecular weight is 686 g/mol. The summed E-state index contributed by atoms with van der Waals surface area (Å²) in [4.78, 5) is 37.3. The minimum absolute atomic E-state index is 0.174. The van der Waals surface area contributed by atoms with Crippen LogP contribution in [0.5, 0.6) is 23.0 Å². The van der Waals surface area contributed by atoms with Crippen molar-refractivity contribution in [3.63, 3.8) is 0 Å². The summed E-state index contributed by atoms with van der Waals surface area (Å²) in [6.45, 7) is 5.58. The molecule has 12 nitrogen and oxygen atoms in total. The largest absolute Gasteiger partial charge is 0.493 e. The molecule has 1 heterocycles. The summed E-state index contributed by atoms with van der Waals surface area (Å²) in [6.07, 6.45) is 1.41. The second-order valence-corrected chi connectivity index (χ2v) is 10.8. The van der Waals surface area contributed by atoms with Gasteiger partial charge in [-0.1, -0.05) is 41.4 Å². The quantitative estimate of drug-likeness (QED) is 0.111. The number of methoxy groups -OCH3 is 1. The molecular formula is C33H34Cl2N4O8. The van der Waals surface area contributed by atoms with Crippen molar-refractivity contribution in [3.05, 3.63) is 92.6 Å². The molecule has 248 valence electrons. The maximum atomic E-state index is 12.6. The first kappa shape index (κ1) is 34.9. The Morgan fingerprint density at radius 2 is 1.72 bits per heavy atom. The summed E-state index contributed by atoms with van der Waals surface area (Å²) >= 11 is 12.5. The number of halogens is 2. The number of urea groups is 1. The molecule has 1 atom stereocenters. The molecule has 3 amide bonds. The average Bonchev–Trinajstić information content (AvgIpc) is 3.04. The summed E-state index contributed by atoms with van der Waals surface area (Å²) in [5.74, 6) is 0.239. The Morgan fingerprint density at radius 1 is 0.957 bits per heavy atom. The third-order valence-electron chi connectivity index (χ3n) is 6.68. The molecule has 3 N–H and O–H groups in total. The highest BCUT2D eigenvalue weighted by Gasteiger charge is 2.32. The van der Waals surface area contributed by atoms with Gasteiger partial charge in [0.15, 0.2) is 29.6 Å². The van der Waals surface area contributed by atoms with Gasteiger partial charge in [0.05, 0.1) is 43.2 Å². The molecule has 14 heteroatoms. The van der Waals surface area contributed by atoms with Gasteiger partial charge in [-0.15, -0.1) is 0 Å². The van der Waals surface area contributed by atoms with Crippen molar-refractivity contribution in [2.75, 3.05) is 26.9 Å². The topological polar surface area (TPSA) is 146 Å². The molecule has 0 unspecified atom stereocenters. The lowest BCUT2D eigenvalue weighted by molar-refractivity contribution is -0.139. The molecule has 47 heavy (non-hydrogen) atoms. The Bertz CT molecular complexity index is 1680. The molecule has 0 aliphatic carbocycles. The zero-order valence-corrected chi connectivity index (χ0v) is 27.7. The van der Waals surface area contributed by atoms with E-state index in [4.69, 9.17) is 46.9 Å². The Balaban J connectivity index is 1.38. The fourth-order valence-electron chi connectivity index (χ4n) is 4.56. The first-order valence-electron chi connectivity index (χ1n) is 14.5. The number of allylic oxidation sites excluding steroid dienone is 1. The lowest BCUT2D eigenvalue weighted by atomic mass is 9.95. The molecule has 0 radical (unpaired) electrons. The highest BCUT2D eigenvalue weighted by Crippen LogP contribution is 2.37. The molecule has 0 saturated carbocycles. The Kier molecular flexibility index (Phi) is 12.3. The van der Waals surface area contributed by atoms with E-state index in [1.165, 1.54) is 13.3 Å². The number of esters is 1. The second-order valence-electron chi connectivity index (χ2n) is 9.96. The van der Waals surface area contributed by atoms with E-state index in [1.807, 2.05) is 19.1 Å². The van der Waals surface area contributed by atoms with Gasteiger partial charge in [0.1, 0.15) is 6.61 Å². The lowest BCUT2D eigenvalue weighted by Gasteiger charge is -2.28. The molecule has 0 bridgehead atoms. The molecule has 1 aliphatic rings. The Morgan fingerprint density at radius 3 is 2.43 bits per heavy atom. The molecule has 0 fully saturated rings. The molecular weight excluding hydrogens is 651 g/mol. The fraction of sp³-hybridized carbons (Fsp3) is 0.273. The van der Waals surface area contributed by atoms with E-state index in [0.717, 1.165) is 5.56 Å². The van der Waals surface area contributed by atoms with Gasteiger partial charge in [0.25, 0.3) is 5.91 Å². The summed E-state index contributed by atoms with van der Waals surface area (Å²) in [6, 6.07) is 14.2. The van der Waals surface area contributed by atoms with Crippen LogP contribution in [0.25, 0.3) is 0 Å². The predicted molar refractivity (Wildman–Crippen MR) is 176 cm³/mol. The van der Waals surface area contributed by atoms with Crippen LogP contribution in [-0.4, -0.2) is 51.1 Å². The van der Waals surface area contributed by atoms with E-state index in [2.05, 4.69) is 21.2 Å². The first-order valence-corrected chi connectivity index (χ1v) is 15.3. The number of ether oxygens (including phenoxy) is 5. The van der Waals surface area contributed by atoms with Gasteiger partial charge in [-0.25, -0.2) is 15.0 Å². The second kappa shape index (κ2) is 16.6. The minimum Gasteiger partial charge on any atom is -0.493 e. The van der Waals surface area contributed by atoms with E-state index < -0.39 is 23.9 Å². The highest BCUT2D eigenvalue weighted by molar-refractivity contribution is 6.32. The highest BCUT2D eigenvalue weighted by atomic mass is 35.5. The zero-order chi connectivity index (χ0) is 33.9. The number of carbonyl (C=O) groups is 3. The van der Waals surface area contributed by atoms with E-state index in [-0.39, 0.29) is 36.9 Å². The van der Waals surface area contributed by atoms with Gasteiger partial charge in [-0.05, 0) is 73.9 Å². The maximum absolute atomic E-state index is 12.6. The fourth-order valence-corrected chi connectivity index (χ4v) is 4.96. The van der Waals surface area contributed by atoms with Gasteiger partial charge in [-0.2, -0.15) is 5.10 Å². The molecule has 3 aromatic rings. The van der Waals surface area contributed by atoms with Crippen LogP contribution in [0.1, 0.15) is 43.5 Å². The van der Waals surface area contributed by atoms with E-state index >= 15 is 0 Å². The number of nitrogens with one attached hydrogen (secondary N) is 3. The van der Waals surface area contributed by atoms with Crippen molar-refractivity contribution >= 4 is 47.3 Å². The van der Waals surface area contributed by atoms with Crippen LogP contribution in [0.4, 0.5) is 4.79 Å². The Labute approximate surface area is 281 Å². The van der Waals surface area contributed by atoms with Crippen LogP contribution in [0.15, 0.2) is 71.0 Å². The minimum atomic E-state index is -0.788. The number of carbonyl (C=O) groups excluding carboxylic acids is 3. The summed E-state index contributed by atoms with van der Waals surface area (Å²) in [7, 11) is 1.43. The number of hydrogen-bond donors (Lipinski definition) is 3. The number of rotatable bonds is 14. The molecule has 0 spiro atoms. The van der Waals surface area contributed by atoms with Crippen molar-refractivity contribution in [2.24, 2.45) is 5.10 Å². The van der Waals surface area contributed by atoms with Crippen LogP contribution in [0.3, 0.4) is 0 Å². The lowest BCUT2D eigenvalue weighted by Crippen LogP contribution is -2.45. The molecule has 0 aromatic heterocycles. The predicted octanol–water partition coefficient (Wildman–Crippen LogP) is 5.70. The molecule has 4 rings (SSSR count). The van der Waals surface area contributed by atoms with Crippen LogP contribution in [0, 0.1) is 0 Å². The maximum Gasteiger partial charge on any atom is 0.338 e. The van der Waals surface area contributed by atoms with Crippen molar-refractivity contribution in [3.8, 4) is 23.0 Å². The Hall–Kier alpha value is -4.94. The first-order chi connectivity index (χ1) is 22.6. The van der Waals surface area contributed by atoms with Crippen LogP contribution in [-0.2, 0) is 20.9 Å². The number of nitrogens with zero attached hydrogens (tertiary/aromatic N) is 1. The van der Waals surface area contributed by atoms with Crippen LogP contribution >= 0.6 is 23.2 Å². The summed E-state index contributed by atoms with van der Waals surface area (Å²) < 4.78 is 28.0. The zero-order valence-electron chi connectivity index (χ0n) is 26.1. The van der Waals surface area contributed by atoms with Gasteiger partial charge >= 0.3 is 12.0 Å². The van der Waals surface area contributed by atoms with Crippen molar-refractivity contribution < 1.29 is 38.1 Å². The van der Waals surface area contributed by atoms with Gasteiger partial charge in [-0.3, -0.25) is 4.79 Å². The van der Waals surface area contributed by atoms with E-state index in [1.54, 1.807) is 56.3 Å². The van der Waals surface area contributed by atoms with Gasteiger partial charge in [0, 0.05) is 10.7 Å². The van der Waals surface area contributed by atoms with Crippen molar-refractivity contribution in [1.82, 2.24) is 16.1 Å². The van der Waals surface area contributed by atoms with Gasteiger partial charge < -0.3 is 34.3 Å².